The Morgan fingerprint density at radius 3 is 2.70 bits per heavy atom. The lowest BCUT2D eigenvalue weighted by molar-refractivity contribution is 0.100. The van der Waals surface area contributed by atoms with Crippen molar-refractivity contribution in [3.05, 3.63) is 23.8 Å². The van der Waals surface area contributed by atoms with E-state index in [0.29, 0.717) is 17.6 Å². The van der Waals surface area contributed by atoms with Crippen molar-refractivity contribution in [3.63, 3.8) is 0 Å². The van der Waals surface area contributed by atoms with Crippen LogP contribution in [0.1, 0.15) is 75.6 Å². The third-order valence-corrected chi connectivity index (χ3v) is 4.65. The van der Waals surface area contributed by atoms with E-state index in [-0.39, 0.29) is 5.91 Å². The molecule has 128 valence electrons. The van der Waals surface area contributed by atoms with Gasteiger partial charge in [-0.2, -0.15) is 0 Å². The third-order valence-electron chi connectivity index (χ3n) is 4.65. The van der Waals surface area contributed by atoms with Crippen molar-refractivity contribution in [2.75, 3.05) is 10.6 Å². The fraction of sp³-hybridized carbons (Fsp3) is 0.632. The average molecular weight is 317 g/mol. The SMILES string of the molecule is CCCCC(C)Nc1cc(NC2CCCCC2)ccc1C(N)=O. The monoisotopic (exact) mass is 317 g/mol. The van der Waals surface area contributed by atoms with Crippen LogP contribution in [-0.2, 0) is 0 Å². The van der Waals surface area contributed by atoms with Crippen LogP contribution in [0, 0.1) is 0 Å². The molecule has 1 aromatic carbocycles. The second kappa shape index (κ2) is 8.80. The highest BCUT2D eigenvalue weighted by Gasteiger charge is 2.15. The molecular formula is C19H31N3O. The second-order valence-electron chi connectivity index (χ2n) is 6.79. The summed E-state index contributed by atoms with van der Waals surface area (Å²) in [5, 5.41) is 7.08. The summed E-state index contributed by atoms with van der Waals surface area (Å²) in [5.41, 5.74) is 8.02. The number of rotatable bonds is 8. The number of benzene rings is 1. The molecular weight excluding hydrogens is 286 g/mol. The fourth-order valence-corrected chi connectivity index (χ4v) is 3.30. The van der Waals surface area contributed by atoms with E-state index >= 15 is 0 Å². The summed E-state index contributed by atoms with van der Waals surface area (Å²) in [4.78, 5) is 11.7. The molecule has 4 heteroatoms. The van der Waals surface area contributed by atoms with Crippen LogP contribution in [0.3, 0.4) is 0 Å². The predicted octanol–water partition coefficient (Wildman–Crippen LogP) is 4.52. The summed E-state index contributed by atoms with van der Waals surface area (Å²) >= 11 is 0. The highest BCUT2D eigenvalue weighted by molar-refractivity contribution is 5.99. The smallest absolute Gasteiger partial charge is 0.250 e. The summed E-state index contributed by atoms with van der Waals surface area (Å²) in [5.74, 6) is -0.376. The number of nitrogens with two attached hydrogens (primary N) is 1. The first kappa shape index (κ1) is 17.6. The Bertz CT molecular complexity index is 509. The van der Waals surface area contributed by atoms with Crippen molar-refractivity contribution < 1.29 is 4.79 Å². The first-order chi connectivity index (χ1) is 11.1. The summed E-state index contributed by atoms with van der Waals surface area (Å²) < 4.78 is 0. The van der Waals surface area contributed by atoms with Gasteiger partial charge in [-0.05, 0) is 44.4 Å². The van der Waals surface area contributed by atoms with Gasteiger partial charge in [0, 0.05) is 23.5 Å². The van der Waals surface area contributed by atoms with E-state index < -0.39 is 0 Å². The van der Waals surface area contributed by atoms with Crippen molar-refractivity contribution in [1.29, 1.82) is 0 Å². The second-order valence-corrected chi connectivity index (χ2v) is 6.79. The zero-order valence-corrected chi connectivity index (χ0v) is 14.5. The number of primary amides is 1. The molecule has 0 spiro atoms. The first-order valence-electron chi connectivity index (χ1n) is 9.07. The zero-order chi connectivity index (χ0) is 16.7. The molecule has 4 nitrogen and oxygen atoms in total. The van der Waals surface area contributed by atoms with Crippen LogP contribution >= 0.6 is 0 Å². The summed E-state index contributed by atoms with van der Waals surface area (Å²) in [6.07, 6.45) is 9.86. The van der Waals surface area contributed by atoms with Crippen LogP contribution in [0.2, 0.25) is 0 Å². The van der Waals surface area contributed by atoms with E-state index in [4.69, 9.17) is 5.73 Å². The number of carbonyl (C=O) groups excluding carboxylic acids is 1. The van der Waals surface area contributed by atoms with Gasteiger partial charge in [0.25, 0.3) is 5.91 Å². The first-order valence-corrected chi connectivity index (χ1v) is 9.07. The maximum Gasteiger partial charge on any atom is 0.250 e. The molecule has 0 radical (unpaired) electrons. The number of carbonyl (C=O) groups is 1. The number of nitrogens with one attached hydrogen (secondary N) is 2. The van der Waals surface area contributed by atoms with Gasteiger partial charge in [0.1, 0.15) is 0 Å². The Balaban J connectivity index is 2.09. The minimum Gasteiger partial charge on any atom is -0.382 e. The molecule has 1 aliphatic carbocycles. The number of unbranched alkanes of at least 4 members (excludes halogenated alkanes) is 1. The molecule has 1 fully saturated rings. The molecule has 4 N–H and O–H groups in total. The Morgan fingerprint density at radius 2 is 2.04 bits per heavy atom. The normalized spacial score (nSPS) is 16.8. The van der Waals surface area contributed by atoms with E-state index in [0.717, 1.165) is 17.8 Å². The van der Waals surface area contributed by atoms with Gasteiger partial charge in [-0.3, -0.25) is 4.79 Å². The van der Waals surface area contributed by atoms with Crippen LogP contribution in [0.5, 0.6) is 0 Å². The van der Waals surface area contributed by atoms with Crippen molar-refractivity contribution in [2.45, 2.75) is 77.3 Å². The molecule has 1 amide bonds. The predicted molar refractivity (Wildman–Crippen MR) is 98.1 cm³/mol. The van der Waals surface area contributed by atoms with Gasteiger partial charge in [-0.15, -0.1) is 0 Å². The van der Waals surface area contributed by atoms with Gasteiger partial charge in [-0.25, -0.2) is 0 Å². The largest absolute Gasteiger partial charge is 0.382 e. The molecule has 0 aromatic heterocycles. The standard InChI is InChI=1S/C19H31N3O/c1-3-4-8-14(2)21-18-13-16(11-12-17(18)19(20)23)22-15-9-6-5-7-10-15/h11-15,21-22H,3-10H2,1-2H3,(H2,20,23). The quantitative estimate of drug-likeness (QED) is 0.660. The molecule has 0 bridgehead atoms. The van der Waals surface area contributed by atoms with Gasteiger partial charge >= 0.3 is 0 Å². The minimum atomic E-state index is -0.376. The highest BCUT2D eigenvalue weighted by atomic mass is 16.1. The molecule has 1 atom stereocenters. The zero-order valence-electron chi connectivity index (χ0n) is 14.5. The number of hydrogen-bond acceptors (Lipinski definition) is 3. The Morgan fingerprint density at radius 1 is 1.30 bits per heavy atom. The van der Waals surface area contributed by atoms with Crippen molar-refractivity contribution in [1.82, 2.24) is 0 Å². The lowest BCUT2D eigenvalue weighted by Crippen LogP contribution is -2.23. The van der Waals surface area contributed by atoms with E-state index in [1.165, 1.54) is 44.9 Å². The topological polar surface area (TPSA) is 67.2 Å². The van der Waals surface area contributed by atoms with Gasteiger partial charge in [0.05, 0.1) is 5.56 Å². The third kappa shape index (κ3) is 5.45. The van der Waals surface area contributed by atoms with Crippen LogP contribution < -0.4 is 16.4 Å². The van der Waals surface area contributed by atoms with Gasteiger partial charge in [0.15, 0.2) is 0 Å². The summed E-state index contributed by atoms with van der Waals surface area (Å²) in [6.45, 7) is 4.35. The molecule has 0 heterocycles. The molecule has 1 aliphatic rings. The summed E-state index contributed by atoms with van der Waals surface area (Å²) in [7, 11) is 0. The number of amides is 1. The van der Waals surface area contributed by atoms with E-state index in [1.807, 2.05) is 18.2 Å². The molecule has 0 aliphatic heterocycles. The molecule has 2 rings (SSSR count). The number of anilines is 2. The van der Waals surface area contributed by atoms with Gasteiger partial charge in [-0.1, -0.05) is 39.0 Å². The van der Waals surface area contributed by atoms with E-state index in [9.17, 15) is 4.79 Å². The minimum absolute atomic E-state index is 0.331. The van der Waals surface area contributed by atoms with E-state index in [2.05, 4.69) is 24.5 Å². The van der Waals surface area contributed by atoms with Gasteiger partial charge in [0.2, 0.25) is 0 Å². The highest BCUT2D eigenvalue weighted by Crippen LogP contribution is 2.26. The fourth-order valence-electron chi connectivity index (χ4n) is 3.30. The van der Waals surface area contributed by atoms with Gasteiger partial charge < -0.3 is 16.4 Å². The number of hydrogen-bond donors (Lipinski definition) is 3. The van der Waals surface area contributed by atoms with Crippen LogP contribution in [0.25, 0.3) is 0 Å². The van der Waals surface area contributed by atoms with Crippen LogP contribution in [-0.4, -0.2) is 18.0 Å². The molecule has 1 saturated carbocycles. The van der Waals surface area contributed by atoms with Crippen LogP contribution in [0.4, 0.5) is 11.4 Å². The average Bonchev–Trinajstić information content (AvgIpc) is 2.54. The van der Waals surface area contributed by atoms with Crippen molar-refractivity contribution in [2.24, 2.45) is 5.73 Å². The van der Waals surface area contributed by atoms with E-state index in [1.54, 1.807) is 0 Å². The maximum absolute atomic E-state index is 11.7. The maximum atomic E-state index is 11.7. The molecule has 23 heavy (non-hydrogen) atoms. The Kier molecular flexibility index (Phi) is 6.75. The van der Waals surface area contributed by atoms with Crippen molar-refractivity contribution in [3.8, 4) is 0 Å². The lowest BCUT2D eigenvalue weighted by atomic mass is 9.95. The lowest BCUT2D eigenvalue weighted by Gasteiger charge is -2.25. The Hall–Kier alpha value is -1.71. The summed E-state index contributed by atoms with van der Waals surface area (Å²) in [6, 6.07) is 6.72. The van der Waals surface area contributed by atoms with Crippen LogP contribution in [0.15, 0.2) is 18.2 Å². The Labute approximate surface area is 140 Å². The van der Waals surface area contributed by atoms with Crippen molar-refractivity contribution >= 4 is 17.3 Å². The molecule has 0 saturated heterocycles. The molecule has 1 aromatic rings. The molecule has 1 unspecified atom stereocenters.